The molecule has 5 amide bonds. The number of nitrogen functional groups attached to an aromatic ring is 1. The highest BCUT2D eigenvalue weighted by molar-refractivity contribution is 5.92. The van der Waals surface area contributed by atoms with Crippen LogP contribution in [0.15, 0.2) is 66.9 Å². The van der Waals surface area contributed by atoms with Gasteiger partial charge in [0, 0.05) is 75.6 Å². The van der Waals surface area contributed by atoms with Crippen LogP contribution in [0.5, 0.6) is 0 Å². The van der Waals surface area contributed by atoms with Gasteiger partial charge in [-0.05, 0) is 45.4 Å². The Morgan fingerprint density at radius 2 is 1.49 bits per heavy atom. The molecule has 2 saturated heterocycles. The highest BCUT2D eigenvalue weighted by Crippen LogP contribution is 2.25. The van der Waals surface area contributed by atoms with E-state index in [4.69, 9.17) is 15.2 Å². The van der Waals surface area contributed by atoms with Gasteiger partial charge in [0.2, 0.25) is 29.6 Å². The van der Waals surface area contributed by atoms with E-state index in [9.17, 15) is 32.8 Å². The van der Waals surface area contributed by atoms with E-state index in [0.717, 1.165) is 36.0 Å². The number of nitrogens with one attached hydrogen (secondary N) is 5. The van der Waals surface area contributed by atoms with E-state index in [1.54, 1.807) is 62.0 Å². The minimum atomic E-state index is -1.07. The molecule has 4 aromatic rings. The van der Waals surface area contributed by atoms with Gasteiger partial charge in [-0.2, -0.15) is 15.1 Å². The maximum Gasteiger partial charge on any atom is 0.408 e. The van der Waals surface area contributed by atoms with Crippen molar-refractivity contribution in [3.63, 3.8) is 0 Å². The number of amides is 5. The van der Waals surface area contributed by atoms with E-state index in [0.29, 0.717) is 50.0 Å². The van der Waals surface area contributed by atoms with Crippen LogP contribution in [0.3, 0.4) is 0 Å². The van der Waals surface area contributed by atoms with Gasteiger partial charge in [0.25, 0.3) is 0 Å². The quantitative estimate of drug-likeness (QED) is 0.0730. The van der Waals surface area contributed by atoms with Crippen molar-refractivity contribution in [1.29, 1.82) is 0 Å². The van der Waals surface area contributed by atoms with Gasteiger partial charge in [-0.1, -0.05) is 42.5 Å². The molecular formula is C45H57F2N13O7. The van der Waals surface area contributed by atoms with Gasteiger partial charge in [-0.25, -0.2) is 18.3 Å². The van der Waals surface area contributed by atoms with Crippen molar-refractivity contribution in [1.82, 2.24) is 51.2 Å². The lowest BCUT2D eigenvalue weighted by atomic mass is 10.1. The molecule has 0 saturated carbocycles. The first-order valence-corrected chi connectivity index (χ1v) is 21.8. The summed E-state index contributed by atoms with van der Waals surface area (Å²) in [6.45, 7) is 10.00. The van der Waals surface area contributed by atoms with E-state index >= 15 is 0 Å². The Kier molecular flexibility index (Phi) is 16.8. The molecule has 7 N–H and O–H groups in total. The second kappa shape index (κ2) is 22.8. The van der Waals surface area contributed by atoms with Gasteiger partial charge >= 0.3 is 6.09 Å². The summed E-state index contributed by atoms with van der Waals surface area (Å²) < 4.78 is 40.0. The zero-order valence-electron chi connectivity index (χ0n) is 37.9. The summed E-state index contributed by atoms with van der Waals surface area (Å²) in [6.07, 6.45) is 4.89. The summed E-state index contributed by atoms with van der Waals surface area (Å²) in [6, 6.07) is 13.3. The molecule has 2 aliphatic rings. The second-order valence-corrected chi connectivity index (χ2v) is 17.0. The summed E-state index contributed by atoms with van der Waals surface area (Å²) in [7, 11) is 0. The van der Waals surface area contributed by atoms with Crippen LogP contribution in [0.4, 0.5) is 31.0 Å². The van der Waals surface area contributed by atoms with E-state index in [1.165, 1.54) is 12.1 Å². The Labute approximate surface area is 386 Å². The summed E-state index contributed by atoms with van der Waals surface area (Å²) in [4.78, 5) is 77.6. The Morgan fingerprint density at radius 3 is 2.19 bits per heavy atom. The van der Waals surface area contributed by atoms with Crippen LogP contribution in [-0.2, 0) is 35.1 Å². The molecule has 2 aliphatic heterocycles. The third-order valence-electron chi connectivity index (χ3n) is 10.6. The highest BCUT2D eigenvalue weighted by Gasteiger charge is 2.30. The van der Waals surface area contributed by atoms with Crippen molar-refractivity contribution >= 4 is 53.3 Å². The molecule has 0 bridgehead atoms. The summed E-state index contributed by atoms with van der Waals surface area (Å²) >= 11 is 0. The highest BCUT2D eigenvalue weighted by atomic mass is 19.1. The van der Waals surface area contributed by atoms with Crippen LogP contribution >= 0.6 is 0 Å². The van der Waals surface area contributed by atoms with Crippen LogP contribution in [0, 0.1) is 18.6 Å². The van der Waals surface area contributed by atoms with Gasteiger partial charge in [-0.3, -0.25) is 24.1 Å². The number of halogens is 2. The molecule has 20 nitrogen and oxygen atoms in total. The SMILES string of the molecule is Cc1c(/C=C/CN2CCN(c3cc(F)cc(F)c3)CC2)cnn1-c1cc(N2CC(OCNC(=O)CNC(=O)C(Cc3ccccc3)NC(=O)CNC(=O)CNC(=O)OC(C)(C)C)C2)nc(N)n1. The van der Waals surface area contributed by atoms with Crippen molar-refractivity contribution in [2.24, 2.45) is 0 Å². The average molecular weight is 930 g/mol. The summed E-state index contributed by atoms with van der Waals surface area (Å²) in [5.74, 6) is -2.47. The third kappa shape index (κ3) is 15.2. The molecule has 358 valence electrons. The normalized spacial score (nSPS) is 14.8. The molecule has 2 aromatic carbocycles. The average Bonchev–Trinajstić information content (AvgIpc) is 3.63. The Balaban J connectivity index is 0.905. The zero-order valence-corrected chi connectivity index (χ0v) is 37.9. The fraction of sp³-hybridized carbons (Fsp3) is 0.422. The van der Waals surface area contributed by atoms with E-state index in [1.807, 2.05) is 28.9 Å². The molecule has 1 unspecified atom stereocenters. The molecule has 2 fully saturated rings. The number of hydrogen-bond donors (Lipinski definition) is 6. The maximum atomic E-state index is 13.7. The number of nitrogens with zero attached hydrogens (tertiary/aromatic N) is 7. The van der Waals surface area contributed by atoms with Crippen LogP contribution in [0.25, 0.3) is 11.9 Å². The van der Waals surface area contributed by atoms with E-state index in [-0.39, 0.29) is 31.7 Å². The van der Waals surface area contributed by atoms with Gasteiger partial charge < -0.3 is 51.6 Å². The number of aromatic nitrogens is 4. The number of nitrogens with two attached hydrogens (primary N) is 1. The molecule has 4 heterocycles. The van der Waals surface area contributed by atoms with Crippen molar-refractivity contribution < 1.29 is 42.2 Å². The Bertz CT molecular complexity index is 2380. The number of carbonyl (C=O) groups is 5. The maximum absolute atomic E-state index is 13.7. The number of rotatable bonds is 19. The molecule has 67 heavy (non-hydrogen) atoms. The van der Waals surface area contributed by atoms with E-state index < -0.39 is 66.1 Å². The van der Waals surface area contributed by atoms with Gasteiger partial charge in [0.05, 0.1) is 31.1 Å². The first kappa shape index (κ1) is 49.2. The minimum absolute atomic E-state index is 0.0697. The lowest BCUT2D eigenvalue weighted by Crippen LogP contribution is -2.54. The molecule has 0 radical (unpaired) electrons. The van der Waals surface area contributed by atoms with Crippen molar-refractivity contribution in [2.45, 2.75) is 51.9 Å². The number of carbonyl (C=O) groups excluding carboxylic acids is 5. The molecule has 22 heteroatoms. The van der Waals surface area contributed by atoms with Crippen molar-refractivity contribution in [2.75, 3.05) is 87.7 Å². The van der Waals surface area contributed by atoms with Gasteiger partial charge in [0.15, 0.2) is 5.82 Å². The third-order valence-corrected chi connectivity index (χ3v) is 10.6. The number of hydrogen-bond acceptors (Lipinski definition) is 14. The fourth-order valence-electron chi connectivity index (χ4n) is 7.10. The molecular weight excluding hydrogens is 873 g/mol. The molecule has 0 spiro atoms. The lowest BCUT2D eigenvalue weighted by Gasteiger charge is -2.39. The fourth-order valence-corrected chi connectivity index (χ4v) is 7.10. The second-order valence-electron chi connectivity index (χ2n) is 17.0. The Hall–Kier alpha value is -7.20. The zero-order chi connectivity index (χ0) is 48.1. The van der Waals surface area contributed by atoms with Crippen LogP contribution < -0.4 is 42.1 Å². The number of alkyl carbamates (subject to hydrolysis) is 1. The number of anilines is 3. The number of benzene rings is 2. The predicted molar refractivity (Wildman–Crippen MR) is 245 cm³/mol. The van der Waals surface area contributed by atoms with E-state index in [2.05, 4.69) is 52.6 Å². The van der Waals surface area contributed by atoms with Crippen LogP contribution in [-0.4, -0.2) is 144 Å². The summed E-state index contributed by atoms with van der Waals surface area (Å²) in [5.41, 5.74) is 8.42. The van der Waals surface area contributed by atoms with Crippen molar-refractivity contribution in [3.05, 3.63) is 95.3 Å². The standard InChI is InChI=1S/C45H57F2N13O7/c1-29-31(11-8-12-57-13-15-58(16-14-57)34-19-32(46)18-33(47)20-34)22-53-60(29)38-21-37(55-43(48)56-38)59-26-35(27-59)66-28-52-40(62)23-50-42(64)36(17-30-9-6-5-7-10-30)54-41(63)25-49-39(61)24-51-44(65)67-45(2,3)4/h5-11,18-22,35-36H,12-17,23-28H2,1-4H3,(H,49,61)(H,50,64)(H,51,65)(H,52,62)(H,54,63)(H2,48,55,56)/b11-8+. The first-order valence-electron chi connectivity index (χ1n) is 21.8. The topological polar surface area (TPSA) is 243 Å². The van der Waals surface area contributed by atoms with Gasteiger partial charge in [-0.15, -0.1) is 0 Å². The van der Waals surface area contributed by atoms with Gasteiger partial charge in [0.1, 0.15) is 42.4 Å². The molecule has 0 aliphatic carbocycles. The lowest BCUT2D eigenvalue weighted by molar-refractivity contribution is -0.131. The predicted octanol–water partition coefficient (Wildman–Crippen LogP) is 1.43. The monoisotopic (exact) mass is 929 g/mol. The summed E-state index contributed by atoms with van der Waals surface area (Å²) in [5, 5.41) is 17.0. The number of ether oxygens (including phenoxy) is 2. The number of piperazine rings is 1. The molecule has 6 rings (SSSR count). The molecule has 2 aromatic heterocycles. The van der Waals surface area contributed by atoms with Crippen LogP contribution in [0.1, 0.15) is 37.6 Å². The van der Waals surface area contributed by atoms with Crippen LogP contribution in [0.2, 0.25) is 0 Å². The first-order chi connectivity index (χ1) is 32.0. The smallest absolute Gasteiger partial charge is 0.408 e. The van der Waals surface area contributed by atoms with Crippen molar-refractivity contribution in [3.8, 4) is 5.82 Å². The molecule has 1 atom stereocenters. The Morgan fingerprint density at radius 1 is 0.836 bits per heavy atom. The largest absolute Gasteiger partial charge is 0.444 e. The minimum Gasteiger partial charge on any atom is -0.444 e.